The molecule has 0 radical (unpaired) electrons. The molecule has 2 bridgehead atoms. The molecule has 2 heteroatoms. The van der Waals surface area contributed by atoms with Gasteiger partial charge in [0, 0.05) is 12.3 Å². The molecule has 1 saturated heterocycles. The minimum atomic E-state index is 0.0141. The Morgan fingerprint density at radius 1 is 1.19 bits per heavy atom. The predicted molar refractivity (Wildman–Crippen MR) is 59.7 cm³/mol. The minimum absolute atomic E-state index is 0.0141. The summed E-state index contributed by atoms with van der Waals surface area (Å²) in [5, 5.41) is 0. The Morgan fingerprint density at radius 3 is 2.75 bits per heavy atom. The molecule has 0 aromatic carbocycles. The quantitative estimate of drug-likeness (QED) is 0.587. The zero-order chi connectivity index (χ0) is 10.8. The lowest BCUT2D eigenvalue weighted by Crippen LogP contribution is -2.43. The molecule has 1 aliphatic heterocycles. The van der Waals surface area contributed by atoms with Gasteiger partial charge in [-0.15, -0.1) is 0 Å². The van der Waals surface area contributed by atoms with Gasteiger partial charge in [0.05, 0.1) is 0 Å². The first-order valence-electron chi connectivity index (χ1n) is 7.00. The molecule has 5 atom stereocenters. The summed E-state index contributed by atoms with van der Waals surface area (Å²) < 4.78 is 5.75. The third-order valence-corrected chi connectivity index (χ3v) is 5.91. The first-order chi connectivity index (χ1) is 7.78. The molecule has 0 aromatic rings. The molecular formula is C14H20O2. The molecule has 3 aliphatic carbocycles. The summed E-state index contributed by atoms with van der Waals surface area (Å²) in [6.07, 6.45) is 9.98. The first kappa shape index (κ1) is 9.49. The molecule has 3 saturated carbocycles. The van der Waals surface area contributed by atoms with Crippen LogP contribution in [0.5, 0.6) is 0 Å². The molecule has 1 spiro atoms. The standard InChI is InChI=1S/C14H20O2/c15-13-5-6-14(16-13)8-9-7-12(14)11-4-2-1-3-10(9)11/h9-12H,1-8H2. The highest BCUT2D eigenvalue weighted by Gasteiger charge is 2.63. The third kappa shape index (κ3) is 1.06. The lowest BCUT2D eigenvalue weighted by Gasteiger charge is -2.43. The van der Waals surface area contributed by atoms with E-state index in [9.17, 15) is 4.79 Å². The molecule has 2 nitrogen and oxygen atoms in total. The van der Waals surface area contributed by atoms with Crippen LogP contribution >= 0.6 is 0 Å². The summed E-state index contributed by atoms with van der Waals surface area (Å²) in [5.74, 6) is 3.58. The van der Waals surface area contributed by atoms with Gasteiger partial charge in [-0.2, -0.15) is 0 Å². The van der Waals surface area contributed by atoms with E-state index in [1.165, 1.54) is 38.5 Å². The molecule has 4 rings (SSSR count). The van der Waals surface area contributed by atoms with Crippen LogP contribution < -0.4 is 0 Å². The van der Waals surface area contributed by atoms with Crippen molar-refractivity contribution in [2.75, 3.05) is 0 Å². The first-order valence-corrected chi connectivity index (χ1v) is 7.00. The Morgan fingerprint density at radius 2 is 2.00 bits per heavy atom. The van der Waals surface area contributed by atoms with Gasteiger partial charge in [0.1, 0.15) is 5.60 Å². The lowest BCUT2D eigenvalue weighted by atomic mass is 9.65. The van der Waals surface area contributed by atoms with E-state index in [4.69, 9.17) is 4.74 Å². The molecule has 5 unspecified atom stereocenters. The average Bonchev–Trinajstić information content (AvgIpc) is 2.94. The van der Waals surface area contributed by atoms with Crippen molar-refractivity contribution in [3.05, 3.63) is 0 Å². The second-order valence-electron chi connectivity index (χ2n) is 6.46. The SMILES string of the molecule is O=C1CCC2(CC3CC2C2CCCCC32)O1. The number of hydrogen-bond donors (Lipinski definition) is 0. The molecule has 1 heterocycles. The van der Waals surface area contributed by atoms with E-state index in [1.54, 1.807) is 0 Å². The highest BCUT2D eigenvalue weighted by molar-refractivity contribution is 5.72. The van der Waals surface area contributed by atoms with E-state index in [0.717, 1.165) is 30.1 Å². The predicted octanol–water partition coefficient (Wildman–Crippen LogP) is 2.91. The second-order valence-corrected chi connectivity index (χ2v) is 6.46. The molecule has 0 amide bonds. The van der Waals surface area contributed by atoms with E-state index < -0.39 is 0 Å². The third-order valence-electron chi connectivity index (χ3n) is 5.91. The van der Waals surface area contributed by atoms with Crippen molar-refractivity contribution in [3.8, 4) is 0 Å². The van der Waals surface area contributed by atoms with Gasteiger partial charge in [-0.3, -0.25) is 4.79 Å². The summed E-state index contributed by atoms with van der Waals surface area (Å²) >= 11 is 0. The maximum absolute atomic E-state index is 11.4. The van der Waals surface area contributed by atoms with Crippen molar-refractivity contribution in [1.82, 2.24) is 0 Å². The molecule has 4 fully saturated rings. The van der Waals surface area contributed by atoms with E-state index in [2.05, 4.69) is 0 Å². The van der Waals surface area contributed by atoms with Crippen LogP contribution in [0.3, 0.4) is 0 Å². The van der Waals surface area contributed by atoms with Crippen LogP contribution in [0.2, 0.25) is 0 Å². The molecule has 0 aromatic heterocycles. The second kappa shape index (κ2) is 3.02. The zero-order valence-electron chi connectivity index (χ0n) is 9.78. The van der Waals surface area contributed by atoms with Gasteiger partial charge >= 0.3 is 5.97 Å². The molecule has 0 N–H and O–H groups in total. The maximum Gasteiger partial charge on any atom is 0.306 e. The Bertz CT molecular complexity index is 338. The van der Waals surface area contributed by atoms with Crippen molar-refractivity contribution in [2.24, 2.45) is 23.7 Å². The fourth-order valence-electron chi connectivity index (χ4n) is 5.43. The number of fused-ring (bicyclic) bond motifs is 6. The summed E-state index contributed by atoms with van der Waals surface area (Å²) in [6, 6.07) is 0. The van der Waals surface area contributed by atoms with E-state index >= 15 is 0 Å². The zero-order valence-corrected chi connectivity index (χ0v) is 9.78. The number of hydrogen-bond acceptors (Lipinski definition) is 2. The van der Waals surface area contributed by atoms with Gasteiger partial charge in [0.2, 0.25) is 0 Å². The van der Waals surface area contributed by atoms with Crippen molar-refractivity contribution in [2.45, 2.75) is 57.0 Å². The molecule has 4 aliphatic rings. The summed E-state index contributed by atoms with van der Waals surface area (Å²) in [7, 11) is 0. The summed E-state index contributed by atoms with van der Waals surface area (Å²) in [5.41, 5.74) is 0.0141. The maximum atomic E-state index is 11.4. The topological polar surface area (TPSA) is 26.3 Å². The highest BCUT2D eigenvalue weighted by Crippen LogP contribution is 2.64. The smallest absolute Gasteiger partial charge is 0.306 e. The number of carbonyl (C=O) groups excluding carboxylic acids is 1. The fourth-order valence-corrected chi connectivity index (χ4v) is 5.43. The molecule has 88 valence electrons. The number of esters is 1. The lowest BCUT2D eigenvalue weighted by molar-refractivity contribution is -0.156. The largest absolute Gasteiger partial charge is 0.459 e. The highest BCUT2D eigenvalue weighted by atomic mass is 16.6. The van der Waals surface area contributed by atoms with Gasteiger partial charge in [-0.25, -0.2) is 0 Å². The van der Waals surface area contributed by atoms with Crippen molar-refractivity contribution < 1.29 is 9.53 Å². The van der Waals surface area contributed by atoms with Crippen LogP contribution in [0, 0.1) is 23.7 Å². The van der Waals surface area contributed by atoms with Gasteiger partial charge in [0.25, 0.3) is 0 Å². The van der Waals surface area contributed by atoms with E-state index in [-0.39, 0.29) is 11.6 Å². The van der Waals surface area contributed by atoms with Crippen molar-refractivity contribution >= 4 is 5.97 Å². The Hall–Kier alpha value is -0.530. The Labute approximate surface area is 96.7 Å². The molecular weight excluding hydrogens is 200 g/mol. The normalized spacial score (nSPS) is 54.4. The molecule has 16 heavy (non-hydrogen) atoms. The van der Waals surface area contributed by atoms with Crippen LogP contribution in [0.25, 0.3) is 0 Å². The number of ether oxygens (including phenoxy) is 1. The van der Waals surface area contributed by atoms with Crippen LogP contribution in [0.1, 0.15) is 51.4 Å². The van der Waals surface area contributed by atoms with Gasteiger partial charge in [-0.1, -0.05) is 12.8 Å². The minimum Gasteiger partial charge on any atom is -0.459 e. The van der Waals surface area contributed by atoms with Crippen LogP contribution in [-0.2, 0) is 9.53 Å². The number of carbonyl (C=O) groups is 1. The van der Waals surface area contributed by atoms with E-state index in [1.807, 2.05) is 0 Å². The average molecular weight is 220 g/mol. The Kier molecular flexibility index (Phi) is 1.79. The van der Waals surface area contributed by atoms with Gasteiger partial charge in [-0.05, 0) is 49.9 Å². The van der Waals surface area contributed by atoms with Crippen LogP contribution in [-0.4, -0.2) is 11.6 Å². The van der Waals surface area contributed by atoms with Gasteiger partial charge in [0.15, 0.2) is 0 Å². The number of rotatable bonds is 0. The Balaban J connectivity index is 1.64. The van der Waals surface area contributed by atoms with Crippen LogP contribution in [0.15, 0.2) is 0 Å². The monoisotopic (exact) mass is 220 g/mol. The fraction of sp³-hybridized carbons (Fsp3) is 0.929. The summed E-state index contributed by atoms with van der Waals surface area (Å²) in [6.45, 7) is 0. The van der Waals surface area contributed by atoms with E-state index in [0.29, 0.717) is 6.42 Å². The summed E-state index contributed by atoms with van der Waals surface area (Å²) in [4.78, 5) is 11.4. The van der Waals surface area contributed by atoms with Crippen LogP contribution in [0.4, 0.5) is 0 Å². The van der Waals surface area contributed by atoms with Gasteiger partial charge < -0.3 is 4.74 Å². The van der Waals surface area contributed by atoms with Crippen molar-refractivity contribution in [3.63, 3.8) is 0 Å². The van der Waals surface area contributed by atoms with Crippen molar-refractivity contribution in [1.29, 1.82) is 0 Å².